The molecule has 30 heavy (non-hydrogen) atoms. The second-order valence-corrected chi connectivity index (χ2v) is 9.08. The minimum Gasteiger partial charge on any atom is -0.493 e. The highest BCUT2D eigenvalue weighted by molar-refractivity contribution is 7.16. The number of hydrogen-bond donors (Lipinski definition) is 1. The monoisotopic (exact) mass is 429 g/mol. The normalized spacial score (nSPS) is 18.8. The van der Waals surface area contributed by atoms with Crippen LogP contribution < -0.4 is 14.8 Å². The van der Waals surface area contributed by atoms with E-state index in [1.807, 2.05) is 30.0 Å². The van der Waals surface area contributed by atoms with Crippen molar-refractivity contribution in [2.24, 2.45) is 11.8 Å². The lowest BCUT2D eigenvalue weighted by atomic mass is 9.97. The Balaban J connectivity index is 1.45. The fourth-order valence-corrected chi connectivity index (χ4v) is 4.73. The topological polar surface area (TPSA) is 80.8 Å². The zero-order valence-electron chi connectivity index (χ0n) is 17.6. The van der Waals surface area contributed by atoms with Gasteiger partial charge in [-0.1, -0.05) is 0 Å². The fourth-order valence-electron chi connectivity index (χ4n) is 3.89. The van der Waals surface area contributed by atoms with Gasteiger partial charge in [-0.05, 0) is 50.8 Å². The number of likely N-dealkylation sites (tertiary alicyclic amines) is 1. The van der Waals surface area contributed by atoms with Crippen molar-refractivity contribution in [3.8, 4) is 22.8 Å². The maximum absolute atomic E-state index is 12.8. The predicted molar refractivity (Wildman–Crippen MR) is 116 cm³/mol. The highest BCUT2D eigenvalue weighted by Crippen LogP contribution is 2.36. The number of thiazole rings is 1. The molecule has 1 aromatic carbocycles. The van der Waals surface area contributed by atoms with E-state index in [-0.39, 0.29) is 23.7 Å². The highest BCUT2D eigenvalue weighted by Gasteiger charge is 2.36. The average Bonchev–Trinajstić information content (AvgIpc) is 3.55. The Kier molecular flexibility index (Phi) is 5.94. The molecule has 160 valence electrons. The molecule has 2 fully saturated rings. The van der Waals surface area contributed by atoms with E-state index < -0.39 is 0 Å². The number of methoxy groups -OCH3 is 2. The predicted octanol–water partition coefficient (Wildman–Crippen LogP) is 3.72. The maximum atomic E-state index is 12.8. The number of benzene rings is 1. The van der Waals surface area contributed by atoms with Gasteiger partial charge in [-0.2, -0.15) is 0 Å². The first-order valence-electron chi connectivity index (χ1n) is 10.3. The molecule has 0 spiro atoms. The van der Waals surface area contributed by atoms with Gasteiger partial charge in [0.15, 0.2) is 16.6 Å². The number of amides is 2. The molecule has 1 aromatic heterocycles. The molecule has 2 amide bonds. The lowest BCUT2D eigenvalue weighted by Crippen LogP contribution is -2.44. The Labute approximate surface area is 180 Å². The van der Waals surface area contributed by atoms with Gasteiger partial charge >= 0.3 is 0 Å². The van der Waals surface area contributed by atoms with Gasteiger partial charge in [0.25, 0.3) is 0 Å². The quantitative estimate of drug-likeness (QED) is 0.757. The van der Waals surface area contributed by atoms with Gasteiger partial charge in [0.2, 0.25) is 11.8 Å². The number of anilines is 1. The van der Waals surface area contributed by atoms with Crippen molar-refractivity contribution in [1.82, 2.24) is 9.88 Å². The zero-order chi connectivity index (χ0) is 21.3. The third-order valence-corrected chi connectivity index (χ3v) is 6.60. The minimum absolute atomic E-state index is 0.0593. The van der Waals surface area contributed by atoms with E-state index >= 15 is 0 Å². The second kappa shape index (κ2) is 8.63. The molecule has 0 radical (unpaired) electrons. The van der Waals surface area contributed by atoms with Crippen LogP contribution in [0.1, 0.15) is 30.6 Å². The number of carbonyl (C=O) groups excluding carboxylic acids is 2. The van der Waals surface area contributed by atoms with Gasteiger partial charge in [0, 0.05) is 29.4 Å². The summed E-state index contributed by atoms with van der Waals surface area (Å²) in [5.74, 6) is 1.46. The van der Waals surface area contributed by atoms with Crippen molar-refractivity contribution in [2.45, 2.75) is 32.6 Å². The molecular formula is C22H27N3O4S. The molecule has 0 bridgehead atoms. The van der Waals surface area contributed by atoms with Crippen molar-refractivity contribution < 1.29 is 19.1 Å². The first-order chi connectivity index (χ1) is 14.5. The molecule has 2 aromatic rings. The van der Waals surface area contributed by atoms with Gasteiger partial charge in [-0.3, -0.25) is 9.59 Å². The lowest BCUT2D eigenvalue weighted by molar-refractivity contribution is -0.135. The largest absolute Gasteiger partial charge is 0.493 e. The highest BCUT2D eigenvalue weighted by atomic mass is 32.1. The minimum atomic E-state index is -0.185. The van der Waals surface area contributed by atoms with Crippen molar-refractivity contribution in [2.75, 3.05) is 32.6 Å². The van der Waals surface area contributed by atoms with Gasteiger partial charge in [0.1, 0.15) is 0 Å². The molecule has 2 heterocycles. The Morgan fingerprint density at radius 2 is 1.90 bits per heavy atom. The lowest BCUT2D eigenvalue weighted by Gasteiger charge is -2.32. The van der Waals surface area contributed by atoms with Crippen LogP contribution in [0.5, 0.6) is 11.5 Å². The van der Waals surface area contributed by atoms with Crippen LogP contribution in [0.25, 0.3) is 11.3 Å². The number of ether oxygens (including phenoxy) is 2. The van der Waals surface area contributed by atoms with Gasteiger partial charge in [0.05, 0.1) is 25.8 Å². The smallest absolute Gasteiger partial charge is 0.231 e. The summed E-state index contributed by atoms with van der Waals surface area (Å²) in [5, 5.41) is 3.55. The second-order valence-electron chi connectivity index (χ2n) is 7.88. The number of rotatable bonds is 6. The number of aryl methyl sites for hydroxylation is 1. The van der Waals surface area contributed by atoms with Gasteiger partial charge in [-0.15, -0.1) is 11.3 Å². The summed E-state index contributed by atoms with van der Waals surface area (Å²) >= 11 is 1.45. The summed E-state index contributed by atoms with van der Waals surface area (Å²) in [6.45, 7) is 3.25. The van der Waals surface area contributed by atoms with Crippen LogP contribution in [0.15, 0.2) is 18.2 Å². The number of nitrogens with zero attached hydrogens (tertiary/aromatic N) is 2. The SMILES string of the molecule is COc1ccc(-c2nc(NC(=O)C3CCCN(C(=O)C4CC4)C3)sc2C)cc1OC. The van der Waals surface area contributed by atoms with Gasteiger partial charge < -0.3 is 19.7 Å². The molecule has 1 saturated carbocycles. The summed E-state index contributed by atoms with van der Waals surface area (Å²) in [6, 6.07) is 5.66. The Bertz CT molecular complexity index is 954. The van der Waals surface area contributed by atoms with Crippen LogP contribution in [0.4, 0.5) is 5.13 Å². The number of piperidine rings is 1. The van der Waals surface area contributed by atoms with E-state index in [1.165, 1.54) is 11.3 Å². The molecule has 8 heteroatoms. The van der Waals surface area contributed by atoms with Crippen molar-refractivity contribution in [3.63, 3.8) is 0 Å². The van der Waals surface area contributed by atoms with Crippen LogP contribution in [-0.4, -0.2) is 49.0 Å². The Hall–Kier alpha value is -2.61. The van der Waals surface area contributed by atoms with Crippen LogP contribution in [0, 0.1) is 18.8 Å². The van der Waals surface area contributed by atoms with Crippen LogP contribution in [0.3, 0.4) is 0 Å². The van der Waals surface area contributed by atoms with Gasteiger partial charge in [-0.25, -0.2) is 4.98 Å². The van der Waals surface area contributed by atoms with E-state index in [2.05, 4.69) is 10.3 Å². The zero-order valence-corrected chi connectivity index (χ0v) is 18.4. The molecule has 1 atom stereocenters. The first kappa shape index (κ1) is 20.7. The molecule has 4 rings (SSSR count). The molecular weight excluding hydrogens is 402 g/mol. The van der Waals surface area contributed by atoms with E-state index in [0.717, 1.165) is 48.4 Å². The Morgan fingerprint density at radius 3 is 2.60 bits per heavy atom. The van der Waals surface area contributed by atoms with Crippen molar-refractivity contribution in [1.29, 1.82) is 0 Å². The number of carbonyl (C=O) groups is 2. The summed E-state index contributed by atoms with van der Waals surface area (Å²) in [5.41, 5.74) is 1.71. The molecule has 1 unspecified atom stereocenters. The van der Waals surface area contributed by atoms with Crippen molar-refractivity contribution >= 4 is 28.3 Å². The molecule has 7 nitrogen and oxygen atoms in total. The third kappa shape index (κ3) is 4.28. The molecule has 1 aliphatic heterocycles. The molecule has 1 N–H and O–H groups in total. The fraction of sp³-hybridized carbons (Fsp3) is 0.500. The summed E-state index contributed by atoms with van der Waals surface area (Å²) in [6.07, 6.45) is 3.64. The number of aromatic nitrogens is 1. The molecule has 2 aliphatic rings. The maximum Gasteiger partial charge on any atom is 0.231 e. The third-order valence-electron chi connectivity index (χ3n) is 5.71. The Morgan fingerprint density at radius 1 is 1.13 bits per heavy atom. The van der Waals surface area contributed by atoms with E-state index in [0.29, 0.717) is 23.2 Å². The molecule has 1 saturated heterocycles. The summed E-state index contributed by atoms with van der Waals surface area (Å²) < 4.78 is 10.7. The molecule has 1 aliphatic carbocycles. The van der Waals surface area contributed by atoms with Crippen LogP contribution in [-0.2, 0) is 9.59 Å². The summed E-state index contributed by atoms with van der Waals surface area (Å²) in [7, 11) is 3.20. The van der Waals surface area contributed by atoms with Crippen LogP contribution >= 0.6 is 11.3 Å². The van der Waals surface area contributed by atoms with E-state index in [4.69, 9.17) is 9.47 Å². The number of nitrogens with one attached hydrogen (secondary N) is 1. The van der Waals surface area contributed by atoms with E-state index in [9.17, 15) is 9.59 Å². The average molecular weight is 430 g/mol. The van der Waals surface area contributed by atoms with E-state index in [1.54, 1.807) is 14.2 Å². The standard InChI is InChI=1S/C22H27N3O4S/c1-13-19(15-8-9-17(28-2)18(11-15)29-3)23-22(30-13)24-20(26)16-5-4-10-25(12-16)21(27)14-6-7-14/h8-9,11,14,16H,4-7,10,12H2,1-3H3,(H,23,24,26). The first-order valence-corrected chi connectivity index (χ1v) is 11.1. The number of hydrogen-bond acceptors (Lipinski definition) is 6. The summed E-state index contributed by atoms with van der Waals surface area (Å²) in [4.78, 5) is 32.7. The van der Waals surface area contributed by atoms with Crippen molar-refractivity contribution in [3.05, 3.63) is 23.1 Å². The van der Waals surface area contributed by atoms with Crippen LogP contribution in [0.2, 0.25) is 0 Å².